The molecule has 18 heavy (non-hydrogen) atoms. The smallest absolute Gasteiger partial charge is 0.168 e. The lowest BCUT2D eigenvalue weighted by Gasteiger charge is -2.05. The van der Waals surface area contributed by atoms with Crippen LogP contribution in [-0.2, 0) is 6.42 Å². The Kier molecular flexibility index (Phi) is 4.50. The third-order valence-electron chi connectivity index (χ3n) is 2.48. The van der Waals surface area contributed by atoms with Crippen LogP contribution in [0.1, 0.15) is 15.9 Å². The predicted octanol–water partition coefficient (Wildman–Crippen LogP) is 4.62. The molecule has 2 aromatic carbocycles. The molecule has 0 fully saturated rings. The molecule has 0 radical (unpaired) electrons. The molecule has 0 N–H and O–H groups in total. The van der Waals surface area contributed by atoms with Gasteiger partial charge in [0, 0.05) is 20.0 Å². The largest absolute Gasteiger partial charge is 0.294 e. The molecule has 0 spiro atoms. The number of Topliss-reactive ketones (excluding diaryl/α,β-unsaturated/α-hetero) is 1. The second-order valence-electron chi connectivity index (χ2n) is 3.85. The second kappa shape index (κ2) is 5.93. The number of carbonyl (C=O) groups excluding carboxylic acids is 1. The summed E-state index contributed by atoms with van der Waals surface area (Å²) >= 11 is 5.47. The first-order valence-corrected chi connectivity index (χ1v) is 7.16. The Morgan fingerprint density at radius 1 is 1.22 bits per heavy atom. The van der Waals surface area contributed by atoms with Gasteiger partial charge in [0.1, 0.15) is 5.82 Å². The maximum atomic E-state index is 13.0. The number of carbonyl (C=O) groups is 1. The van der Waals surface area contributed by atoms with Crippen molar-refractivity contribution in [2.45, 2.75) is 6.42 Å². The van der Waals surface area contributed by atoms with E-state index in [4.69, 9.17) is 0 Å². The number of hydrogen-bond acceptors (Lipinski definition) is 1. The zero-order valence-corrected chi connectivity index (χ0v) is 13.0. The molecule has 0 saturated carbocycles. The van der Waals surface area contributed by atoms with E-state index < -0.39 is 0 Å². The number of rotatable bonds is 3. The van der Waals surface area contributed by atoms with Crippen LogP contribution in [0.5, 0.6) is 0 Å². The van der Waals surface area contributed by atoms with Gasteiger partial charge in [-0.1, -0.05) is 28.1 Å². The van der Waals surface area contributed by atoms with Crippen molar-refractivity contribution < 1.29 is 9.18 Å². The molecule has 1 nitrogen and oxygen atoms in total. The second-order valence-corrected chi connectivity index (χ2v) is 5.93. The van der Waals surface area contributed by atoms with E-state index >= 15 is 0 Å². The Bertz CT molecular complexity index is 598. The number of hydrogen-bond donors (Lipinski definition) is 0. The molecule has 4 heteroatoms. The van der Waals surface area contributed by atoms with Crippen LogP contribution in [0.4, 0.5) is 4.39 Å². The lowest BCUT2D eigenvalue weighted by Crippen LogP contribution is -2.06. The number of halogens is 3. The molecule has 0 aliphatic heterocycles. The highest BCUT2D eigenvalue weighted by molar-refractivity contribution is 14.1. The Hall–Kier alpha value is -0.750. The molecule has 2 rings (SSSR count). The third kappa shape index (κ3) is 3.38. The van der Waals surface area contributed by atoms with Gasteiger partial charge in [0.05, 0.1) is 0 Å². The molecule has 0 aliphatic rings. The van der Waals surface area contributed by atoms with Crippen molar-refractivity contribution in [2.24, 2.45) is 0 Å². The van der Waals surface area contributed by atoms with Gasteiger partial charge in [0.2, 0.25) is 0 Å². The highest BCUT2D eigenvalue weighted by atomic mass is 127. The molecule has 0 amide bonds. The summed E-state index contributed by atoms with van der Waals surface area (Å²) in [5.74, 6) is -0.324. The van der Waals surface area contributed by atoms with Gasteiger partial charge in [-0.05, 0) is 58.5 Å². The molecular weight excluding hydrogens is 410 g/mol. The predicted molar refractivity (Wildman–Crippen MR) is 81.3 cm³/mol. The summed E-state index contributed by atoms with van der Waals surface area (Å²) in [5.41, 5.74) is 1.35. The Balaban J connectivity index is 2.24. The van der Waals surface area contributed by atoms with Crippen LogP contribution in [0.25, 0.3) is 0 Å². The number of ketones is 1. The fraction of sp³-hybridized carbons (Fsp3) is 0.0714. The highest BCUT2D eigenvalue weighted by Crippen LogP contribution is 2.20. The van der Waals surface area contributed by atoms with Gasteiger partial charge in [-0.15, -0.1) is 0 Å². The van der Waals surface area contributed by atoms with E-state index in [0.717, 1.165) is 8.04 Å². The van der Waals surface area contributed by atoms with Crippen LogP contribution in [-0.4, -0.2) is 5.78 Å². The van der Waals surface area contributed by atoms with Crippen molar-refractivity contribution in [2.75, 3.05) is 0 Å². The van der Waals surface area contributed by atoms with Crippen LogP contribution in [0.3, 0.4) is 0 Å². The highest BCUT2D eigenvalue weighted by Gasteiger charge is 2.11. The minimum absolute atomic E-state index is 0.00806. The van der Waals surface area contributed by atoms with Crippen molar-refractivity contribution in [1.29, 1.82) is 0 Å². The van der Waals surface area contributed by atoms with Crippen molar-refractivity contribution in [1.82, 2.24) is 0 Å². The SMILES string of the molecule is O=C(Cc1cccc(F)c1)c1cc(Br)ccc1I. The lowest BCUT2D eigenvalue weighted by atomic mass is 10.0. The van der Waals surface area contributed by atoms with Crippen molar-refractivity contribution in [3.05, 3.63) is 67.5 Å². The first-order chi connectivity index (χ1) is 8.56. The van der Waals surface area contributed by atoms with E-state index in [0.29, 0.717) is 11.1 Å². The standard InChI is InChI=1S/C14H9BrFIO/c15-10-4-5-13(17)12(8-10)14(18)7-9-2-1-3-11(16)6-9/h1-6,8H,7H2. The fourth-order valence-corrected chi connectivity index (χ4v) is 2.64. The Morgan fingerprint density at radius 2 is 2.00 bits per heavy atom. The molecule has 0 aromatic heterocycles. The molecule has 0 heterocycles. The topological polar surface area (TPSA) is 17.1 Å². The van der Waals surface area contributed by atoms with E-state index in [-0.39, 0.29) is 18.0 Å². The van der Waals surface area contributed by atoms with Gasteiger partial charge in [0.25, 0.3) is 0 Å². The molecule has 0 atom stereocenters. The fourth-order valence-electron chi connectivity index (χ4n) is 1.64. The van der Waals surface area contributed by atoms with Gasteiger partial charge in [0.15, 0.2) is 5.78 Å². The van der Waals surface area contributed by atoms with E-state index in [1.54, 1.807) is 18.2 Å². The summed E-state index contributed by atoms with van der Waals surface area (Å²) in [5, 5.41) is 0. The van der Waals surface area contributed by atoms with E-state index in [2.05, 4.69) is 38.5 Å². The summed E-state index contributed by atoms with van der Waals surface area (Å²) in [4.78, 5) is 12.2. The molecule has 0 bridgehead atoms. The van der Waals surface area contributed by atoms with Gasteiger partial charge < -0.3 is 0 Å². The van der Waals surface area contributed by atoms with Crippen molar-refractivity contribution >= 4 is 44.3 Å². The Labute approximate surface area is 127 Å². The van der Waals surface area contributed by atoms with Crippen LogP contribution < -0.4 is 0 Å². The minimum atomic E-state index is -0.316. The molecule has 0 unspecified atom stereocenters. The van der Waals surface area contributed by atoms with Crippen molar-refractivity contribution in [3.63, 3.8) is 0 Å². The first kappa shape index (κ1) is 13.7. The average Bonchev–Trinajstić information content (AvgIpc) is 2.32. The van der Waals surface area contributed by atoms with E-state index in [9.17, 15) is 9.18 Å². The summed E-state index contributed by atoms with van der Waals surface area (Å²) in [6.45, 7) is 0. The van der Waals surface area contributed by atoms with Crippen LogP contribution in [0.15, 0.2) is 46.9 Å². The summed E-state index contributed by atoms with van der Waals surface area (Å²) in [7, 11) is 0. The normalized spacial score (nSPS) is 10.4. The van der Waals surface area contributed by atoms with E-state index in [1.165, 1.54) is 12.1 Å². The summed E-state index contributed by atoms with van der Waals surface area (Å²) in [6.07, 6.45) is 0.213. The van der Waals surface area contributed by atoms with Crippen molar-refractivity contribution in [3.8, 4) is 0 Å². The average molecular weight is 419 g/mol. The van der Waals surface area contributed by atoms with E-state index in [1.807, 2.05) is 12.1 Å². The summed E-state index contributed by atoms with van der Waals surface area (Å²) in [6, 6.07) is 11.7. The van der Waals surface area contributed by atoms with Crippen LogP contribution >= 0.6 is 38.5 Å². The molecule has 0 aliphatic carbocycles. The van der Waals surface area contributed by atoms with Gasteiger partial charge in [-0.3, -0.25) is 4.79 Å². The van der Waals surface area contributed by atoms with Crippen LogP contribution in [0, 0.1) is 9.39 Å². The minimum Gasteiger partial charge on any atom is -0.294 e. The van der Waals surface area contributed by atoms with Gasteiger partial charge in [-0.2, -0.15) is 0 Å². The van der Waals surface area contributed by atoms with Gasteiger partial charge >= 0.3 is 0 Å². The molecule has 92 valence electrons. The molecule has 2 aromatic rings. The molecule has 0 saturated heterocycles. The monoisotopic (exact) mass is 418 g/mol. The lowest BCUT2D eigenvalue weighted by molar-refractivity contribution is 0.0992. The van der Waals surface area contributed by atoms with Gasteiger partial charge in [-0.25, -0.2) is 4.39 Å². The Morgan fingerprint density at radius 3 is 2.72 bits per heavy atom. The summed E-state index contributed by atoms with van der Waals surface area (Å²) < 4.78 is 14.8. The third-order valence-corrected chi connectivity index (χ3v) is 3.92. The quantitative estimate of drug-likeness (QED) is 0.525. The zero-order valence-electron chi connectivity index (χ0n) is 9.29. The zero-order chi connectivity index (χ0) is 13.1. The maximum absolute atomic E-state index is 13.0. The number of benzene rings is 2. The van der Waals surface area contributed by atoms with Crippen LogP contribution in [0.2, 0.25) is 0 Å². The molecular formula is C14H9BrFIO. The maximum Gasteiger partial charge on any atom is 0.168 e. The first-order valence-electron chi connectivity index (χ1n) is 5.29.